The molecule has 2 amide bonds. The van der Waals surface area contributed by atoms with Crippen molar-refractivity contribution in [2.45, 2.75) is 39.2 Å². The zero-order chi connectivity index (χ0) is 15.1. The summed E-state index contributed by atoms with van der Waals surface area (Å²) in [6, 6.07) is 3.90. The van der Waals surface area contributed by atoms with Gasteiger partial charge in [0.05, 0.1) is 16.3 Å². The lowest BCUT2D eigenvalue weighted by molar-refractivity contribution is 0.0697. The molecule has 0 spiro atoms. The van der Waals surface area contributed by atoms with Crippen LogP contribution in [0.1, 0.15) is 43.5 Å². The fourth-order valence-corrected chi connectivity index (χ4v) is 1.94. The van der Waals surface area contributed by atoms with E-state index in [1.165, 1.54) is 18.2 Å². The number of hydrogen-bond acceptors (Lipinski definition) is 2. The van der Waals surface area contributed by atoms with Crippen LogP contribution in [0.25, 0.3) is 0 Å². The van der Waals surface area contributed by atoms with E-state index in [1.807, 2.05) is 6.92 Å². The number of rotatable bonds is 6. The average Bonchev–Trinajstić information content (AvgIpc) is 2.38. The molecule has 0 saturated carbocycles. The van der Waals surface area contributed by atoms with Crippen molar-refractivity contribution >= 4 is 29.3 Å². The van der Waals surface area contributed by atoms with Gasteiger partial charge in [-0.1, -0.05) is 31.4 Å². The summed E-state index contributed by atoms with van der Waals surface area (Å²) >= 11 is 5.93. The molecule has 0 aromatic heterocycles. The predicted molar refractivity (Wildman–Crippen MR) is 79.6 cm³/mol. The fourth-order valence-electron chi connectivity index (χ4n) is 1.71. The maximum Gasteiger partial charge on any atom is 0.335 e. The second kappa shape index (κ2) is 7.75. The monoisotopic (exact) mass is 298 g/mol. The molecule has 20 heavy (non-hydrogen) atoms. The van der Waals surface area contributed by atoms with E-state index in [-0.39, 0.29) is 22.7 Å². The second-order valence-electron chi connectivity index (χ2n) is 4.64. The highest BCUT2D eigenvalue weighted by atomic mass is 35.5. The molecule has 0 fully saturated rings. The zero-order valence-corrected chi connectivity index (χ0v) is 12.3. The topological polar surface area (TPSA) is 78.4 Å². The Morgan fingerprint density at radius 3 is 2.65 bits per heavy atom. The number of amides is 2. The van der Waals surface area contributed by atoms with Gasteiger partial charge in [-0.05, 0) is 31.5 Å². The Morgan fingerprint density at radius 2 is 2.10 bits per heavy atom. The summed E-state index contributed by atoms with van der Waals surface area (Å²) in [5.74, 6) is -1.06. The molecule has 0 aliphatic heterocycles. The van der Waals surface area contributed by atoms with Crippen molar-refractivity contribution in [1.82, 2.24) is 5.32 Å². The number of nitrogens with one attached hydrogen (secondary N) is 2. The molecule has 0 heterocycles. The third kappa shape index (κ3) is 5.09. The summed E-state index contributed by atoms with van der Waals surface area (Å²) < 4.78 is 0. The molecule has 1 aromatic rings. The SMILES string of the molecule is CCCCC(C)NC(=O)Nc1ccc(C(=O)O)cc1Cl. The molecular weight excluding hydrogens is 280 g/mol. The lowest BCUT2D eigenvalue weighted by atomic mass is 10.1. The molecule has 0 radical (unpaired) electrons. The van der Waals surface area contributed by atoms with E-state index >= 15 is 0 Å². The van der Waals surface area contributed by atoms with Crippen LogP contribution in [-0.2, 0) is 0 Å². The molecule has 6 heteroatoms. The Morgan fingerprint density at radius 1 is 1.40 bits per heavy atom. The van der Waals surface area contributed by atoms with Gasteiger partial charge in [0.15, 0.2) is 0 Å². The number of urea groups is 1. The van der Waals surface area contributed by atoms with Gasteiger partial charge in [0, 0.05) is 6.04 Å². The van der Waals surface area contributed by atoms with Crippen molar-refractivity contribution in [1.29, 1.82) is 0 Å². The van der Waals surface area contributed by atoms with Crippen LogP contribution in [0, 0.1) is 0 Å². The van der Waals surface area contributed by atoms with Crippen LogP contribution < -0.4 is 10.6 Å². The average molecular weight is 299 g/mol. The molecule has 0 saturated heterocycles. The Bertz CT molecular complexity index is 491. The number of halogens is 1. The van der Waals surface area contributed by atoms with Gasteiger partial charge in [0.25, 0.3) is 0 Å². The predicted octanol–water partition coefficient (Wildman–Crippen LogP) is 3.74. The number of aromatic carboxylic acids is 1. The highest BCUT2D eigenvalue weighted by Crippen LogP contribution is 2.23. The van der Waals surface area contributed by atoms with Gasteiger partial charge in [-0.2, -0.15) is 0 Å². The van der Waals surface area contributed by atoms with E-state index in [0.717, 1.165) is 19.3 Å². The normalized spacial score (nSPS) is 11.8. The first-order valence-electron chi connectivity index (χ1n) is 6.54. The molecule has 1 rings (SSSR count). The number of benzene rings is 1. The molecule has 3 N–H and O–H groups in total. The lowest BCUT2D eigenvalue weighted by Gasteiger charge is -2.15. The quantitative estimate of drug-likeness (QED) is 0.748. The smallest absolute Gasteiger partial charge is 0.335 e. The number of carbonyl (C=O) groups excluding carboxylic acids is 1. The molecule has 0 aliphatic rings. The summed E-state index contributed by atoms with van der Waals surface area (Å²) in [5.41, 5.74) is 0.467. The molecule has 1 unspecified atom stereocenters. The lowest BCUT2D eigenvalue weighted by Crippen LogP contribution is -2.36. The van der Waals surface area contributed by atoms with E-state index in [9.17, 15) is 9.59 Å². The molecule has 1 atom stereocenters. The Hall–Kier alpha value is -1.75. The van der Waals surface area contributed by atoms with Crippen LogP contribution in [0.3, 0.4) is 0 Å². The molecule has 110 valence electrons. The van der Waals surface area contributed by atoms with E-state index in [2.05, 4.69) is 17.6 Å². The summed E-state index contributed by atoms with van der Waals surface area (Å²) in [4.78, 5) is 22.5. The highest BCUT2D eigenvalue weighted by Gasteiger charge is 2.11. The summed E-state index contributed by atoms with van der Waals surface area (Å²) in [5, 5.41) is 14.4. The first-order chi connectivity index (χ1) is 9.43. The Kier molecular flexibility index (Phi) is 6.31. The molecular formula is C14H19ClN2O3. The van der Waals surface area contributed by atoms with E-state index in [0.29, 0.717) is 5.69 Å². The minimum atomic E-state index is -1.06. The van der Waals surface area contributed by atoms with Crippen molar-refractivity contribution in [3.63, 3.8) is 0 Å². The van der Waals surface area contributed by atoms with Crippen LogP contribution in [0.15, 0.2) is 18.2 Å². The van der Waals surface area contributed by atoms with Crippen LogP contribution in [0.5, 0.6) is 0 Å². The zero-order valence-electron chi connectivity index (χ0n) is 11.6. The largest absolute Gasteiger partial charge is 0.478 e. The number of hydrogen-bond donors (Lipinski definition) is 3. The van der Waals surface area contributed by atoms with Crippen LogP contribution >= 0.6 is 11.6 Å². The second-order valence-corrected chi connectivity index (χ2v) is 5.05. The summed E-state index contributed by atoms with van der Waals surface area (Å²) in [7, 11) is 0. The van der Waals surface area contributed by atoms with Gasteiger partial charge in [0.2, 0.25) is 0 Å². The Balaban J connectivity index is 2.60. The van der Waals surface area contributed by atoms with Gasteiger partial charge >= 0.3 is 12.0 Å². The standard InChI is InChI=1S/C14H19ClN2O3/c1-3-4-5-9(2)16-14(20)17-12-7-6-10(13(18)19)8-11(12)15/h6-9H,3-5H2,1-2H3,(H,18,19)(H2,16,17,20). The van der Waals surface area contributed by atoms with Crippen LogP contribution in [0.4, 0.5) is 10.5 Å². The maximum absolute atomic E-state index is 11.8. The van der Waals surface area contributed by atoms with Gasteiger partial charge in [-0.25, -0.2) is 9.59 Å². The van der Waals surface area contributed by atoms with Gasteiger partial charge in [-0.15, -0.1) is 0 Å². The van der Waals surface area contributed by atoms with E-state index < -0.39 is 5.97 Å². The highest BCUT2D eigenvalue weighted by molar-refractivity contribution is 6.34. The third-order valence-electron chi connectivity index (χ3n) is 2.83. The molecule has 1 aromatic carbocycles. The van der Waals surface area contributed by atoms with Crippen molar-refractivity contribution in [3.8, 4) is 0 Å². The first kappa shape index (κ1) is 16.3. The number of anilines is 1. The summed E-state index contributed by atoms with van der Waals surface area (Å²) in [6.07, 6.45) is 3.04. The number of carboxylic acids is 1. The van der Waals surface area contributed by atoms with Crippen molar-refractivity contribution in [2.75, 3.05) is 5.32 Å². The van der Waals surface area contributed by atoms with Crippen LogP contribution in [0.2, 0.25) is 5.02 Å². The van der Waals surface area contributed by atoms with Crippen LogP contribution in [-0.4, -0.2) is 23.1 Å². The molecule has 0 bridgehead atoms. The van der Waals surface area contributed by atoms with Gasteiger partial charge < -0.3 is 15.7 Å². The van der Waals surface area contributed by atoms with Crippen molar-refractivity contribution in [3.05, 3.63) is 28.8 Å². The van der Waals surface area contributed by atoms with Gasteiger partial charge in [-0.3, -0.25) is 0 Å². The summed E-state index contributed by atoms with van der Waals surface area (Å²) in [6.45, 7) is 4.03. The molecule has 5 nitrogen and oxygen atoms in total. The number of unbranched alkanes of at least 4 members (excludes halogenated alkanes) is 1. The van der Waals surface area contributed by atoms with Crippen molar-refractivity contribution in [2.24, 2.45) is 0 Å². The fraction of sp³-hybridized carbons (Fsp3) is 0.429. The number of carboxylic acid groups (broad SMARTS) is 1. The van der Waals surface area contributed by atoms with E-state index in [4.69, 9.17) is 16.7 Å². The molecule has 0 aliphatic carbocycles. The number of carbonyl (C=O) groups is 2. The Labute approximate surface area is 123 Å². The van der Waals surface area contributed by atoms with Gasteiger partial charge in [0.1, 0.15) is 0 Å². The first-order valence-corrected chi connectivity index (χ1v) is 6.92. The minimum Gasteiger partial charge on any atom is -0.478 e. The third-order valence-corrected chi connectivity index (χ3v) is 3.15. The minimum absolute atomic E-state index is 0.0759. The maximum atomic E-state index is 11.8. The van der Waals surface area contributed by atoms with E-state index in [1.54, 1.807) is 0 Å². The van der Waals surface area contributed by atoms with Crippen molar-refractivity contribution < 1.29 is 14.7 Å².